The highest BCUT2D eigenvalue weighted by Gasteiger charge is 2.25. The Bertz CT molecular complexity index is 945. The van der Waals surface area contributed by atoms with Crippen molar-refractivity contribution >= 4 is 33.7 Å². The summed E-state index contributed by atoms with van der Waals surface area (Å²) in [4.78, 5) is 40.0. The van der Waals surface area contributed by atoms with Crippen LogP contribution in [0.3, 0.4) is 0 Å². The van der Waals surface area contributed by atoms with E-state index in [1.54, 1.807) is 29.2 Å². The Kier molecular flexibility index (Phi) is 7.15. The van der Waals surface area contributed by atoms with Crippen molar-refractivity contribution in [3.05, 3.63) is 69.7 Å². The normalized spacial score (nSPS) is 13.8. The number of piperazine rings is 1. The highest BCUT2D eigenvalue weighted by Crippen LogP contribution is 2.14. The van der Waals surface area contributed by atoms with E-state index in [1.165, 1.54) is 11.0 Å². The second kappa shape index (κ2) is 9.80. The van der Waals surface area contributed by atoms with Crippen LogP contribution in [-0.2, 0) is 4.79 Å². The fourth-order valence-corrected chi connectivity index (χ4v) is 3.38. The standard InChI is InChI=1S/C21H20BrF2N3O3/c22-16-4-1-14(2-5-16)20(29)25-8-7-19(28)26-9-11-27(12-10-26)21(30)15-3-6-17(23)18(24)13-15/h1-6,13H,7-12H2,(H,25,29). The molecule has 1 fully saturated rings. The third-order valence-electron chi connectivity index (χ3n) is 4.82. The molecule has 1 aliphatic heterocycles. The summed E-state index contributed by atoms with van der Waals surface area (Å²) in [5.74, 6) is -2.85. The van der Waals surface area contributed by atoms with Crippen molar-refractivity contribution < 1.29 is 23.2 Å². The van der Waals surface area contributed by atoms with Gasteiger partial charge in [-0.05, 0) is 42.5 Å². The first-order valence-electron chi connectivity index (χ1n) is 9.41. The predicted octanol–water partition coefficient (Wildman–Crippen LogP) is 2.83. The zero-order valence-corrected chi connectivity index (χ0v) is 17.6. The molecule has 30 heavy (non-hydrogen) atoms. The summed E-state index contributed by atoms with van der Waals surface area (Å²) in [7, 11) is 0. The number of hydrogen-bond donors (Lipinski definition) is 1. The summed E-state index contributed by atoms with van der Waals surface area (Å²) in [5, 5.41) is 2.71. The van der Waals surface area contributed by atoms with E-state index in [9.17, 15) is 23.2 Å². The first kappa shape index (κ1) is 21.9. The molecule has 0 bridgehead atoms. The van der Waals surface area contributed by atoms with Crippen LogP contribution in [0.1, 0.15) is 27.1 Å². The fraction of sp³-hybridized carbons (Fsp3) is 0.286. The van der Waals surface area contributed by atoms with Gasteiger partial charge in [-0.15, -0.1) is 0 Å². The molecule has 6 nitrogen and oxygen atoms in total. The van der Waals surface area contributed by atoms with Crippen LogP contribution in [0.25, 0.3) is 0 Å². The second-order valence-corrected chi connectivity index (χ2v) is 7.73. The third-order valence-corrected chi connectivity index (χ3v) is 5.35. The molecule has 2 aromatic carbocycles. The molecule has 9 heteroatoms. The summed E-state index contributed by atoms with van der Waals surface area (Å²) < 4.78 is 27.3. The Morgan fingerprint density at radius 1 is 0.867 bits per heavy atom. The van der Waals surface area contributed by atoms with Gasteiger partial charge in [0.15, 0.2) is 11.6 Å². The van der Waals surface area contributed by atoms with Crippen molar-refractivity contribution in [3.8, 4) is 0 Å². The van der Waals surface area contributed by atoms with E-state index in [2.05, 4.69) is 21.2 Å². The first-order chi connectivity index (χ1) is 14.3. The average molecular weight is 480 g/mol. The highest BCUT2D eigenvalue weighted by molar-refractivity contribution is 9.10. The van der Waals surface area contributed by atoms with Gasteiger partial charge >= 0.3 is 0 Å². The van der Waals surface area contributed by atoms with Crippen molar-refractivity contribution in [1.29, 1.82) is 0 Å². The third kappa shape index (κ3) is 5.41. The fourth-order valence-electron chi connectivity index (χ4n) is 3.12. The Balaban J connectivity index is 1.43. The Hall–Kier alpha value is -2.81. The number of halogens is 3. The van der Waals surface area contributed by atoms with E-state index in [1.807, 2.05) is 0 Å². The first-order valence-corrected chi connectivity index (χ1v) is 10.2. The van der Waals surface area contributed by atoms with Crippen LogP contribution in [-0.4, -0.2) is 60.2 Å². The molecule has 0 radical (unpaired) electrons. The Morgan fingerprint density at radius 2 is 1.47 bits per heavy atom. The summed E-state index contributed by atoms with van der Waals surface area (Å²) in [6, 6.07) is 9.94. The molecule has 1 N–H and O–H groups in total. The van der Waals surface area contributed by atoms with E-state index in [0.29, 0.717) is 31.7 Å². The molecule has 158 valence electrons. The Morgan fingerprint density at radius 3 is 2.10 bits per heavy atom. The molecule has 2 aromatic rings. The zero-order chi connectivity index (χ0) is 21.7. The van der Waals surface area contributed by atoms with Crippen LogP contribution in [0.2, 0.25) is 0 Å². The smallest absolute Gasteiger partial charge is 0.254 e. The van der Waals surface area contributed by atoms with Crippen LogP contribution in [0.4, 0.5) is 8.78 Å². The van der Waals surface area contributed by atoms with Gasteiger partial charge in [0.25, 0.3) is 11.8 Å². The monoisotopic (exact) mass is 479 g/mol. The summed E-state index contributed by atoms with van der Waals surface area (Å²) in [6.07, 6.45) is 0.152. The van der Waals surface area contributed by atoms with E-state index in [4.69, 9.17) is 0 Å². The van der Waals surface area contributed by atoms with Gasteiger partial charge in [-0.1, -0.05) is 15.9 Å². The lowest BCUT2D eigenvalue weighted by Crippen LogP contribution is -2.51. The van der Waals surface area contributed by atoms with Crippen LogP contribution in [0.15, 0.2) is 46.9 Å². The zero-order valence-electron chi connectivity index (χ0n) is 16.0. The van der Waals surface area contributed by atoms with Gasteiger partial charge in [0, 0.05) is 54.7 Å². The SMILES string of the molecule is O=C(NCCC(=O)N1CCN(C(=O)c2ccc(F)c(F)c2)CC1)c1ccc(Br)cc1. The minimum absolute atomic E-state index is 0.0735. The minimum atomic E-state index is -1.07. The maximum atomic E-state index is 13.3. The van der Waals surface area contributed by atoms with Crippen LogP contribution in [0.5, 0.6) is 0 Å². The van der Waals surface area contributed by atoms with E-state index in [-0.39, 0.29) is 30.3 Å². The van der Waals surface area contributed by atoms with Crippen LogP contribution in [0, 0.1) is 11.6 Å². The number of carbonyl (C=O) groups is 3. The van der Waals surface area contributed by atoms with Gasteiger partial charge in [-0.2, -0.15) is 0 Å². The molecule has 1 aliphatic rings. The van der Waals surface area contributed by atoms with Crippen molar-refractivity contribution in [2.75, 3.05) is 32.7 Å². The van der Waals surface area contributed by atoms with Gasteiger partial charge in [-0.3, -0.25) is 14.4 Å². The molecule has 3 amide bonds. The molecular formula is C21H20BrF2N3O3. The molecular weight excluding hydrogens is 460 g/mol. The van der Waals surface area contributed by atoms with Gasteiger partial charge in [0.2, 0.25) is 5.91 Å². The van der Waals surface area contributed by atoms with Crippen molar-refractivity contribution in [2.45, 2.75) is 6.42 Å². The second-order valence-electron chi connectivity index (χ2n) is 6.81. The molecule has 0 unspecified atom stereocenters. The maximum absolute atomic E-state index is 13.3. The molecule has 0 atom stereocenters. The molecule has 0 spiro atoms. The van der Waals surface area contributed by atoms with E-state index in [0.717, 1.165) is 16.6 Å². The molecule has 0 aliphatic carbocycles. The van der Waals surface area contributed by atoms with E-state index < -0.39 is 17.5 Å². The highest BCUT2D eigenvalue weighted by atomic mass is 79.9. The number of benzene rings is 2. The lowest BCUT2D eigenvalue weighted by atomic mass is 10.1. The van der Waals surface area contributed by atoms with Crippen molar-refractivity contribution in [2.24, 2.45) is 0 Å². The molecule has 0 aromatic heterocycles. The van der Waals surface area contributed by atoms with Crippen molar-refractivity contribution in [1.82, 2.24) is 15.1 Å². The number of rotatable bonds is 5. The Labute approximate surface area is 181 Å². The van der Waals surface area contributed by atoms with Crippen LogP contribution < -0.4 is 5.32 Å². The van der Waals surface area contributed by atoms with E-state index >= 15 is 0 Å². The summed E-state index contributed by atoms with van der Waals surface area (Å²) in [5.41, 5.74) is 0.583. The summed E-state index contributed by atoms with van der Waals surface area (Å²) in [6.45, 7) is 1.50. The van der Waals surface area contributed by atoms with Crippen LogP contribution >= 0.6 is 15.9 Å². The largest absolute Gasteiger partial charge is 0.352 e. The number of amides is 3. The maximum Gasteiger partial charge on any atom is 0.254 e. The lowest BCUT2D eigenvalue weighted by molar-refractivity contribution is -0.132. The predicted molar refractivity (Wildman–Crippen MR) is 110 cm³/mol. The number of hydrogen-bond acceptors (Lipinski definition) is 3. The molecule has 3 rings (SSSR count). The minimum Gasteiger partial charge on any atom is -0.352 e. The molecule has 1 saturated heterocycles. The van der Waals surface area contributed by atoms with Gasteiger partial charge in [-0.25, -0.2) is 8.78 Å². The number of nitrogens with one attached hydrogen (secondary N) is 1. The van der Waals surface area contributed by atoms with Gasteiger partial charge < -0.3 is 15.1 Å². The topological polar surface area (TPSA) is 69.7 Å². The van der Waals surface area contributed by atoms with Crippen molar-refractivity contribution in [3.63, 3.8) is 0 Å². The lowest BCUT2D eigenvalue weighted by Gasteiger charge is -2.35. The molecule has 0 saturated carbocycles. The van der Waals surface area contributed by atoms with Gasteiger partial charge in [0.1, 0.15) is 0 Å². The molecule has 1 heterocycles. The average Bonchev–Trinajstić information content (AvgIpc) is 2.75. The quantitative estimate of drug-likeness (QED) is 0.716. The number of nitrogens with zero attached hydrogens (tertiary/aromatic N) is 2. The number of carbonyl (C=O) groups excluding carboxylic acids is 3. The van der Waals surface area contributed by atoms with Gasteiger partial charge in [0.05, 0.1) is 0 Å². The summed E-state index contributed by atoms with van der Waals surface area (Å²) >= 11 is 3.30.